The third-order valence-corrected chi connectivity index (χ3v) is 4.61. The van der Waals surface area contributed by atoms with Crippen molar-refractivity contribution in [1.82, 2.24) is 15.2 Å². The van der Waals surface area contributed by atoms with Crippen molar-refractivity contribution in [2.45, 2.75) is 39.0 Å². The minimum Gasteiger partial charge on any atom is -0.353 e. The molecule has 0 bridgehead atoms. The fourth-order valence-electron chi connectivity index (χ4n) is 2.79. The van der Waals surface area contributed by atoms with Crippen molar-refractivity contribution in [3.8, 4) is 0 Å². The van der Waals surface area contributed by atoms with Crippen molar-refractivity contribution >= 4 is 29.1 Å². The van der Waals surface area contributed by atoms with Gasteiger partial charge in [0, 0.05) is 17.3 Å². The molecule has 5 nitrogen and oxygen atoms in total. The molecule has 1 aliphatic rings. The molecule has 0 saturated carbocycles. The smallest absolute Gasteiger partial charge is 0.244 e. The second kappa shape index (κ2) is 8.11. The van der Waals surface area contributed by atoms with E-state index in [4.69, 9.17) is 11.6 Å². The predicted molar refractivity (Wildman–Crippen MR) is 99.0 cm³/mol. The zero-order valence-electron chi connectivity index (χ0n) is 13.8. The Kier molecular flexibility index (Phi) is 5.64. The van der Waals surface area contributed by atoms with Crippen LogP contribution in [0.4, 0.5) is 17.5 Å². The SMILES string of the molecule is Cc1c(Cl)cccc1Nc1cnnc(NCCC2=CCCCC2)n1. The lowest BCUT2D eigenvalue weighted by Gasteiger charge is -2.13. The van der Waals surface area contributed by atoms with E-state index in [0.717, 1.165) is 29.2 Å². The van der Waals surface area contributed by atoms with Gasteiger partial charge in [0.15, 0.2) is 5.82 Å². The van der Waals surface area contributed by atoms with E-state index in [1.54, 1.807) is 6.20 Å². The highest BCUT2D eigenvalue weighted by Crippen LogP contribution is 2.25. The van der Waals surface area contributed by atoms with Crippen LogP contribution in [0.25, 0.3) is 0 Å². The first-order chi connectivity index (χ1) is 11.7. The van der Waals surface area contributed by atoms with Crippen molar-refractivity contribution in [3.05, 3.63) is 46.6 Å². The van der Waals surface area contributed by atoms with Crippen molar-refractivity contribution < 1.29 is 0 Å². The Morgan fingerprint density at radius 1 is 1.25 bits per heavy atom. The zero-order valence-corrected chi connectivity index (χ0v) is 14.6. The van der Waals surface area contributed by atoms with Gasteiger partial charge in [0.1, 0.15) is 0 Å². The number of allylic oxidation sites excluding steroid dienone is 1. The molecule has 6 heteroatoms. The van der Waals surface area contributed by atoms with Crippen LogP contribution >= 0.6 is 11.6 Å². The average Bonchev–Trinajstić information content (AvgIpc) is 2.60. The summed E-state index contributed by atoms with van der Waals surface area (Å²) >= 11 is 6.15. The van der Waals surface area contributed by atoms with Crippen LogP contribution in [-0.2, 0) is 0 Å². The Balaban J connectivity index is 1.59. The molecule has 2 aromatic rings. The van der Waals surface area contributed by atoms with E-state index in [9.17, 15) is 0 Å². The molecule has 24 heavy (non-hydrogen) atoms. The molecule has 0 fully saturated rings. The molecule has 3 rings (SSSR count). The van der Waals surface area contributed by atoms with Crippen molar-refractivity contribution in [1.29, 1.82) is 0 Å². The number of benzene rings is 1. The largest absolute Gasteiger partial charge is 0.353 e. The van der Waals surface area contributed by atoms with E-state index in [2.05, 4.69) is 31.9 Å². The Hall–Kier alpha value is -2.14. The quantitative estimate of drug-likeness (QED) is 0.732. The van der Waals surface area contributed by atoms with Crippen LogP contribution in [-0.4, -0.2) is 21.7 Å². The molecular weight excluding hydrogens is 322 g/mol. The first-order valence-electron chi connectivity index (χ1n) is 8.36. The van der Waals surface area contributed by atoms with Gasteiger partial charge in [-0.25, -0.2) is 0 Å². The third kappa shape index (κ3) is 4.45. The molecule has 1 aromatic carbocycles. The lowest BCUT2D eigenvalue weighted by Crippen LogP contribution is -2.09. The summed E-state index contributed by atoms with van der Waals surface area (Å²) < 4.78 is 0. The normalized spacial score (nSPS) is 14.2. The maximum Gasteiger partial charge on any atom is 0.244 e. The number of rotatable bonds is 6. The monoisotopic (exact) mass is 343 g/mol. The number of anilines is 3. The molecule has 126 valence electrons. The summed E-state index contributed by atoms with van der Waals surface area (Å²) in [5.41, 5.74) is 3.43. The van der Waals surface area contributed by atoms with Crippen LogP contribution in [0, 0.1) is 6.92 Å². The summed E-state index contributed by atoms with van der Waals surface area (Å²) in [6, 6.07) is 5.74. The molecule has 0 amide bonds. The number of nitrogens with one attached hydrogen (secondary N) is 2. The Morgan fingerprint density at radius 3 is 3.00 bits per heavy atom. The van der Waals surface area contributed by atoms with Gasteiger partial charge in [-0.3, -0.25) is 0 Å². The van der Waals surface area contributed by atoms with Crippen LogP contribution in [0.5, 0.6) is 0 Å². The number of aromatic nitrogens is 3. The van der Waals surface area contributed by atoms with Crippen molar-refractivity contribution in [3.63, 3.8) is 0 Å². The number of nitrogens with zero attached hydrogens (tertiary/aromatic N) is 3. The fourth-order valence-corrected chi connectivity index (χ4v) is 2.96. The van der Waals surface area contributed by atoms with Crippen LogP contribution in [0.1, 0.15) is 37.7 Å². The highest BCUT2D eigenvalue weighted by Gasteiger charge is 2.06. The summed E-state index contributed by atoms with van der Waals surface area (Å²) in [6.07, 6.45) is 10.1. The molecule has 0 unspecified atom stereocenters. The Labute approximate surface area is 147 Å². The van der Waals surface area contributed by atoms with Crippen molar-refractivity contribution in [2.75, 3.05) is 17.2 Å². The minimum absolute atomic E-state index is 0.538. The lowest BCUT2D eigenvalue weighted by atomic mass is 9.97. The van der Waals surface area contributed by atoms with Gasteiger partial charge < -0.3 is 10.6 Å². The van der Waals surface area contributed by atoms with E-state index in [1.807, 2.05) is 25.1 Å². The van der Waals surface area contributed by atoms with Gasteiger partial charge in [0.25, 0.3) is 0 Å². The van der Waals surface area contributed by atoms with Crippen LogP contribution in [0.15, 0.2) is 36.0 Å². The summed E-state index contributed by atoms with van der Waals surface area (Å²) in [6.45, 7) is 2.80. The highest BCUT2D eigenvalue weighted by atomic mass is 35.5. The Morgan fingerprint density at radius 2 is 2.17 bits per heavy atom. The van der Waals surface area contributed by atoms with Gasteiger partial charge in [0.2, 0.25) is 5.95 Å². The van der Waals surface area contributed by atoms with Gasteiger partial charge in [-0.15, -0.1) is 5.10 Å². The fraction of sp³-hybridized carbons (Fsp3) is 0.389. The van der Waals surface area contributed by atoms with E-state index in [-0.39, 0.29) is 0 Å². The molecule has 0 saturated heterocycles. The van der Waals surface area contributed by atoms with E-state index in [0.29, 0.717) is 11.8 Å². The van der Waals surface area contributed by atoms with Gasteiger partial charge in [-0.05, 0) is 56.7 Å². The van der Waals surface area contributed by atoms with Crippen LogP contribution in [0.3, 0.4) is 0 Å². The molecule has 1 heterocycles. The number of halogens is 1. The molecular formula is C18H22ClN5. The van der Waals surface area contributed by atoms with Gasteiger partial charge in [-0.2, -0.15) is 10.1 Å². The standard InChI is InChI=1S/C18H22ClN5/c1-13-15(19)8-5-9-16(13)22-17-12-21-24-18(23-17)20-11-10-14-6-3-2-4-7-14/h5-6,8-9,12H,2-4,7,10-11H2,1H3,(H2,20,22,23,24). The predicted octanol–water partition coefficient (Wildman–Crippen LogP) is 4.88. The van der Waals surface area contributed by atoms with Crippen molar-refractivity contribution in [2.24, 2.45) is 0 Å². The van der Waals surface area contributed by atoms with E-state index < -0.39 is 0 Å². The molecule has 0 aliphatic heterocycles. The maximum atomic E-state index is 6.15. The Bertz CT molecular complexity index is 729. The second-order valence-corrected chi connectivity index (χ2v) is 6.39. The zero-order chi connectivity index (χ0) is 16.8. The van der Waals surface area contributed by atoms with Gasteiger partial charge in [0.05, 0.1) is 6.20 Å². The first-order valence-corrected chi connectivity index (χ1v) is 8.74. The molecule has 0 spiro atoms. The molecule has 0 atom stereocenters. The van der Waals surface area contributed by atoms with Crippen LogP contribution in [0.2, 0.25) is 5.02 Å². The van der Waals surface area contributed by atoms with Gasteiger partial charge >= 0.3 is 0 Å². The van der Waals surface area contributed by atoms with Crippen LogP contribution < -0.4 is 10.6 Å². The molecule has 1 aliphatic carbocycles. The summed E-state index contributed by atoms with van der Waals surface area (Å²) in [7, 11) is 0. The molecule has 2 N–H and O–H groups in total. The maximum absolute atomic E-state index is 6.15. The molecule has 0 radical (unpaired) electrons. The lowest BCUT2D eigenvalue weighted by molar-refractivity contribution is 0.679. The highest BCUT2D eigenvalue weighted by molar-refractivity contribution is 6.31. The first kappa shape index (κ1) is 16.7. The van der Waals surface area contributed by atoms with E-state index in [1.165, 1.54) is 31.3 Å². The van der Waals surface area contributed by atoms with Gasteiger partial charge in [-0.1, -0.05) is 29.3 Å². The summed E-state index contributed by atoms with van der Waals surface area (Å²) in [5.74, 6) is 1.19. The topological polar surface area (TPSA) is 62.7 Å². The average molecular weight is 344 g/mol. The molecule has 1 aromatic heterocycles. The minimum atomic E-state index is 0.538. The van der Waals surface area contributed by atoms with E-state index >= 15 is 0 Å². The second-order valence-electron chi connectivity index (χ2n) is 5.99. The summed E-state index contributed by atoms with van der Waals surface area (Å²) in [4.78, 5) is 4.46. The third-order valence-electron chi connectivity index (χ3n) is 4.20. The number of hydrogen-bond donors (Lipinski definition) is 2. The number of hydrogen-bond acceptors (Lipinski definition) is 5. The summed E-state index contributed by atoms with van der Waals surface area (Å²) in [5, 5.41) is 15.3.